The van der Waals surface area contributed by atoms with Crippen molar-refractivity contribution < 1.29 is 24.4 Å². The highest BCUT2D eigenvalue weighted by atomic mass is 16.5. The zero-order chi connectivity index (χ0) is 23.8. The summed E-state index contributed by atoms with van der Waals surface area (Å²) in [6.07, 6.45) is 0.148. The van der Waals surface area contributed by atoms with Crippen LogP contribution in [-0.2, 0) is 4.79 Å². The zero-order valence-electron chi connectivity index (χ0n) is 17.6. The summed E-state index contributed by atoms with van der Waals surface area (Å²) in [5.41, 5.74) is 6.93. The van der Waals surface area contributed by atoms with Gasteiger partial charge in [0.1, 0.15) is 6.04 Å². The number of hydroxylamine groups is 2. The van der Waals surface area contributed by atoms with Crippen LogP contribution < -0.4 is 11.1 Å². The molecule has 1 aromatic heterocycles. The number of benzene rings is 2. The second-order valence-corrected chi connectivity index (χ2v) is 7.23. The Labute approximate surface area is 189 Å². The molecule has 0 unspecified atom stereocenters. The van der Waals surface area contributed by atoms with Crippen molar-refractivity contribution in [3.63, 3.8) is 0 Å². The summed E-state index contributed by atoms with van der Waals surface area (Å²) in [4.78, 5) is 28.4. The third-order valence-electron chi connectivity index (χ3n) is 4.90. The van der Waals surface area contributed by atoms with Crippen LogP contribution >= 0.6 is 0 Å². The molecule has 3 aromatic rings. The van der Waals surface area contributed by atoms with Crippen LogP contribution in [0.1, 0.15) is 46.4 Å². The quantitative estimate of drug-likeness (QED) is 0.174. The number of carbonyl (C=O) groups excluding carboxylic acids is 1. The van der Waals surface area contributed by atoms with Crippen molar-refractivity contribution >= 4 is 17.8 Å². The predicted molar refractivity (Wildman–Crippen MR) is 117 cm³/mol. The van der Waals surface area contributed by atoms with Crippen LogP contribution in [0.4, 0.5) is 0 Å². The van der Waals surface area contributed by atoms with Gasteiger partial charge in [0.25, 0.3) is 0 Å². The highest BCUT2D eigenvalue weighted by molar-refractivity contribution is 5.92. The van der Waals surface area contributed by atoms with E-state index in [1.54, 1.807) is 0 Å². The number of carbonyl (C=O) groups is 2. The van der Waals surface area contributed by atoms with Gasteiger partial charge >= 0.3 is 17.8 Å². The lowest BCUT2D eigenvalue weighted by Gasteiger charge is -2.16. The number of nitrogens with zero attached hydrogens (tertiary/aromatic N) is 3. The molecule has 172 valence electrons. The average Bonchev–Trinajstić information content (AvgIpc) is 3.29. The Balaban J connectivity index is 1.75. The Morgan fingerprint density at radius 2 is 1.67 bits per heavy atom. The van der Waals surface area contributed by atoms with Crippen LogP contribution in [-0.4, -0.2) is 55.9 Å². The molecule has 0 saturated heterocycles. The minimum Gasteiger partial charge on any atom is -0.480 e. The lowest BCUT2D eigenvalue weighted by molar-refractivity contribution is -0.139. The lowest BCUT2D eigenvalue weighted by Crippen LogP contribution is -2.42. The maximum absolute atomic E-state index is 12.6. The monoisotopic (exact) mass is 452 g/mol. The summed E-state index contributed by atoms with van der Waals surface area (Å²) in [5, 5.41) is 32.7. The largest absolute Gasteiger partial charge is 0.480 e. The van der Waals surface area contributed by atoms with E-state index < -0.39 is 23.9 Å². The Bertz CT molecular complexity index is 1050. The molecule has 0 spiro atoms. The molecule has 0 saturated carbocycles. The maximum atomic E-state index is 12.6. The standard InChI is InChI=1S/C22H24N6O5/c23-22(24)28(32)13-7-12-16(21(30)31)25-19(29)20-26-18(27-33-20)17(14-8-3-1-4-9-14)15-10-5-2-6-11-15/h1-6,8-11,16-17,32H,7,12-13H2,(H3,23,24)(H,25,29)(H,30,31)/t16-/m0/s1. The Morgan fingerprint density at radius 3 is 2.18 bits per heavy atom. The van der Waals surface area contributed by atoms with Gasteiger partial charge in [-0.1, -0.05) is 65.8 Å². The van der Waals surface area contributed by atoms with Crippen LogP contribution in [0.5, 0.6) is 0 Å². The lowest BCUT2D eigenvalue weighted by atomic mass is 9.91. The first kappa shape index (κ1) is 23.4. The van der Waals surface area contributed by atoms with Crippen molar-refractivity contribution in [1.29, 1.82) is 5.41 Å². The molecule has 11 heteroatoms. The molecule has 0 aliphatic heterocycles. The van der Waals surface area contributed by atoms with E-state index in [1.165, 1.54) is 0 Å². The van der Waals surface area contributed by atoms with E-state index in [4.69, 9.17) is 15.7 Å². The third-order valence-corrected chi connectivity index (χ3v) is 4.90. The maximum Gasteiger partial charge on any atom is 0.326 e. The van der Waals surface area contributed by atoms with E-state index in [2.05, 4.69) is 15.5 Å². The van der Waals surface area contributed by atoms with Crippen LogP contribution in [0.2, 0.25) is 0 Å². The van der Waals surface area contributed by atoms with Gasteiger partial charge in [-0.3, -0.25) is 15.4 Å². The fraction of sp³-hybridized carbons (Fsp3) is 0.227. The summed E-state index contributed by atoms with van der Waals surface area (Å²) in [6.45, 7) is -0.0600. The second-order valence-electron chi connectivity index (χ2n) is 7.23. The van der Waals surface area contributed by atoms with E-state index in [1.807, 2.05) is 60.7 Å². The number of carboxylic acid groups (broad SMARTS) is 1. The molecule has 6 N–H and O–H groups in total. The first-order chi connectivity index (χ1) is 15.9. The van der Waals surface area contributed by atoms with Gasteiger partial charge in [0.2, 0.25) is 5.96 Å². The third kappa shape index (κ3) is 6.14. The molecule has 2 aromatic carbocycles. The Hall–Kier alpha value is -4.25. The molecule has 1 atom stereocenters. The van der Waals surface area contributed by atoms with Gasteiger partial charge < -0.3 is 20.7 Å². The number of carboxylic acids is 1. The minimum absolute atomic E-state index is 0.0108. The van der Waals surface area contributed by atoms with Gasteiger partial charge in [-0.15, -0.1) is 0 Å². The number of amides is 1. The molecule has 3 rings (SSSR count). The van der Waals surface area contributed by atoms with Crippen LogP contribution in [0.3, 0.4) is 0 Å². The molecule has 1 heterocycles. The van der Waals surface area contributed by atoms with Crippen molar-refractivity contribution in [1.82, 2.24) is 20.5 Å². The first-order valence-corrected chi connectivity index (χ1v) is 10.1. The van der Waals surface area contributed by atoms with Crippen molar-refractivity contribution in [2.75, 3.05) is 6.54 Å². The molecule has 1 amide bonds. The topological polar surface area (TPSA) is 179 Å². The SMILES string of the molecule is N=C(N)N(O)CCC[C@H](NC(=O)c1nc(C(c2ccccc2)c2ccccc2)no1)C(=O)O. The number of aromatic nitrogens is 2. The Kier molecular flexibility index (Phi) is 7.71. The van der Waals surface area contributed by atoms with E-state index >= 15 is 0 Å². The first-order valence-electron chi connectivity index (χ1n) is 10.1. The summed E-state index contributed by atoms with van der Waals surface area (Å²) < 4.78 is 5.15. The minimum atomic E-state index is -1.26. The van der Waals surface area contributed by atoms with Crippen LogP contribution in [0.25, 0.3) is 0 Å². The number of nitrogens with one attached hydrogen (secondary N) is 2. The molecular weight excluding hydrogens is 428 g/mol. The normalized spacial score (nSPS) is 11.7. The zero-order valence-corrected chi connectivity index (χ0v) is 17.6. The fourth-order valence-electron chi connectivity index (χ4n) is 3.27. The highest BCUT2D eigenvalue weighted by Gasteiger charge is 2.27. The Morgan fingerprint density at radius 1 is 1.09 bits per heavy atom. The van der Waals surface area contributed by atoms with Gasteiger partial charge in [0, 0.05) is 6.54 Å². The van der Waals surface area contributed by atoms with Gasteiger partial charge in [0.05, 0.1) is 5.92 Å². The van der Waals surface area contributed by atoms with Gasteiger partial charge in [-0.25, -0.2) is 9.86 Å². The number of rotatable bonds is 10. The number of hydrogen-bond donors (Lipinski definition) is 5. The smallest absolute Gasteiger partial charge is 0.326 e. The summed E-state index contributed by atoms with van der Waals surface area (Å²) in [7, 11) is 0. The van der Waals surface area contributed by atoms with Gasteiger partial charge in [-0.2, -0.15) is 4.98 Å². The molecule has 0 aliphatic rings. The predicted octanol–water partition coefficient (Wildman–Crippen LogP) is 1.80. The molecule has 33 heavy (non-hydrogen) atoms. The average molecular weight is 452 g/mol. The van der Waals surface area contributed by atoms with Crippen molar-refractivity contribution in [3.05, 3.63) is 83.5 Å². The number of nitrogens with two attached hydrogens (primary N) is 1. The number of guanidine groups is 1. The number of aliphatic carboxylic acids is 1. The van der Waals surface area contributed by atoms with Gasteiger partial charge in [0.15, 0.2) is 5.82 Å². The van der Waals surface area contributed by atoms with Crippen LogP contribution in [0.15, 0.2) is 65.2 Å². The van der Waals surface area contributed by atoms with E-state index in [0.717, 1.165) is 11.1 Å². The highest BCUT2D eigenvalue weighted by Crippen LogP contribution is 2.29. The van der Waals surface area contributed by atoms with Crippen molar-refractivity contribution in [2.24, 2.45) is 5.73 Å². The molecule has 0 radical (unpaired) electrons. The summed E-state index contributed by atoms with van der Waals surface area (Å²) >= 11 is 0. The van der Waals surface area contributed by atoms with Crippen molar-refractivity contribution in [2.45, 2.75) is 24.8 Å². The van der Waals surface area contributed by atoms with Gasteiger partial charge in [-0.05, 0) is 24.0 Å². The molecule has 0 fully saturated rings. The fourth-order valence-corrected chi connectivity index (χ4v) is 3.27. The summed E-state index contributed by atoms with van der Waals surface area (Å²) in [6, 6.07) is 17.7. The molecule has 0 bridgehead atoms. The second kappa shape index (κ2) is 10.9. The number of hydrogen-bond acceptors (Lipinski definition) is 7. The molecule has 0 aliphatic carbocycles. The van der Waals surface area contributed by atoms with Crippen LogP contribution in [0, 0.1) is 5.41 Å². The molecular formula is C22H24N6O5. The van der Waals surface area contributed by atoms with E-state index in [0.29, 0.717) is 5.06 Å². The van der Waals surface area contributed by atoms with Crippen molar-refractivity contribution in [3.8, 4) is 0 Å². The molecule has 11 nitrogen and oxygen atoms in total. The van der Waals surface area contributed by atoms with E-state index in [9.17, 15) is 19.9 Å². The van der Waals surface area contributed by atoms with E-state index in [-0.39, 0.29) is 37.0 Å². The summed E-state index contributed by atoms with van der Waals surface area (Å²) in [5.74, 6) is -3.12.